The number of piperidine rings is 1. The van der Waals surface area contributed by atoms with Crippen molar-refractivity contribution in [3.63, 3.8) is 0 Å². The lowest BCUT2D eigenvalue weighted by molar-refractivity contribution is -0.121. The highest BCUT2D eigenvalue weighted by molar-refractivity contribution is 7.12. The van der Waals surface area contributed by atoms with Crippen LogP contribution >= 0.6 is 11.3 Å². The monoisotopic (exact) mass is 385 g/mol. The van der Waals surface area contributed by atoms with Crippen molar-refractivity contribution in [2.24, 2.45) is 5.92 Å². The van der Waals surface area contributed by atoms with Gasteiger partial charge in [-0.25, -0.2) is 0 Å². The van der Waals surface area contributed by atoms with Crippen LogP contribution in [0, 0.1) is 12.8 Å². The maximum atomic E-state index is 12.7. The van der Waals surface area contributed by atoms with Crippen LogP contribution in [0.2, 0.25) is 0 Å². The molecule has 6 nitrogen and oxygen atoms in total. The Labute approximate surface area is 162 Å². The van der Waals surface area contributed by atoms with Crippen molar-refractivity contribution in [2.75, 3.05) is 25.5 Å². The number of benzene rings is 1. The maximum Gasteiger partial charge on any atom is 0.263 e. The molecule has 1 fully saturated rings. The largest absolute Gasteiger partial charge is 0.355 e. The number of aryl methyl sites for hydroxylation is 1. The van der Waals surface area contributed by atoms with Crippen molar-refractivity contribution in [1.82, 2.24) is 10.2 Å². The predicted molar refractivity (Wildman–Crippen MR) is 106 cm³/mol. The first-order chi connectivity index (χ1) is 13.0. The van der Waals surface area contributed by atoms with E-state index in [0.717, 1.165) is 10.4 Å². The smallest absolute Gasteiger partial charge is 0.263 e. The molecule has 2 aromatic rings. The summed E-state index contributed by atoms with van der Waals surface area (Å²) < 4.78 is 0. The summed E-state index contributed by atoms with van der Waals surface area (Å²) in [6.45, 7) is 3.05. The van der Waals surface area contributed by atoms with Crippen LogP contribution in [0.25, 0.3) is 0 Å². The van der Waals surface area contributed by atoms with E-state index >= 15 is 0 Å². The topological polar surface area (TPSA) is 78.5 Å². The van der Waals surface area contributed by atoms with Gasteiger partial charge >= 0.3 is 0 Å². The van der Waals surface area contributed by atoms with E-state index in [9.17, 15) is 14.4 Å². The molecule has 1 aromatic heterocycles. The molecule has 0 atom stereocenters. The first-order valence-electron chi connectivity index (χ1n) is 8.96. The average Bonchev–Trinajstić information content (AvgIpc) is 3.23. The number of rotatable bonds is 4. The van der Waals surface area contributed by atoms with Crippen molar-refractivity contribution >= 4 is 34.7 Å². The van der Waals surface area contributed by atoms with E-state index in [0.29, 0.717) is 37.2 Å². The van der Waals surface area contributed by atoms with E-state index in [-0.39, 0.29) is 23.6 Å². The van der Waals surface area contributed by atoms with Gasteiger partial charge in [0.25, 0.3) is 11.8 Å². The molecule has 7 heteroatoms. The Morgan fingerprint density at radius 2 is 1.89 bits per heavy atom. The summed E-state index contributed by atoms with van der Waals surface area (Å²) in [5.41, 5.74) is 2.06. The van der Waals surface area contributed by atoms with Gasteiger partial charge in [0.05, 0.1) is 4.88 Å². The molecule has 0 unspecified atom stereocenters. The molecule has 1 aliphatic rings. The molecule has 0 radical (unpaired) electrons. The molecular weight excluding hydrogens is 362 g/mol. The molecule has 1 aliphatic heterocycles. The van der Waals surface area contributed by atoms with Crippen LogP contribution in [0.15, 0.2) is 35.7 Å². The van der Waals surface area contributed by atoms with Gasteiger partial charge < -0.3 is 15.5 Å². The van der Waals surface area contributed by atoms with Gasteiger partial charge in [0.15, 0.2) is 0 Å². The minimum Gasteiger partial charge on any atom is -0.355 e. The van der Waals surface area contributed by atoms with E-state index in [4.69, 9.17) is 0 Å². The van der Waals surface area contributed by atoms with Crippen LogP contribution in [0.4, 0.5) is 5.69 Å². The second-order valence-electron chi connectivity index (χ2n) is 6.64. The predicted octanol–water partition coefficient (Wildman–Crippen LogP) is 2.91. The minimum absolute atomic E-state index is 0.0398. The molecular formula is C20H23N3O3S. The van der Waals surface area contributed by atoms with Gasteiger partial charge in [-0.3, -0.25) is 14.4 Å². The van der Waals surface area contributed by atoms with Gasteiger partial charge in [-0.1, -0.05) is 12.1 Å². The zero-order valence-corrected chi connectivity index (χ0v) is 16.3. The number of hydrogen-bond donors (Lipinski definition) is 2. The Kier molecular flexibility index (Phi) is 5.91. The molecule has 142 valence electrons. The maximum absolute atomic E-state index is 12.7. The minimum atomic E-state index is -0.189. The number of nitrogens with zero attached hydrogens (tertiary/aromatic N) is 1. The zero-order chi connectivity index (χ0) is 19.4. The van der Waals surface area contributed by atoms with Gasteiger partial charge in [0, 0.05) is 37.3 Å². The summed E-state index contributed by atoms with van der Waals surface area (Å²) >= 11 is 1.44. The third-order valence-electron chi connectivity index (χ3n) is 4.87. The molecule has 1 aromatic carbocycles. The highest BCUT2D eigenvalue weighted by Crippen LogP contribution is 2.24. The quantitative estimate of drug-likeness (QED) is 0.849. The third-order valence-corrected chi connectivity index (χ3v) is 5.73. The molecule has 27 heavy (non-hydrogen) atoms. The van der Waals surface area contributed by atoms with E-state index in [1.165, 1.54) is 11.3 Å². The fourth-order valence-electron chi connectivity index (χ4n) is 3.18. The average molecular weight is 385 g/mol. The first-order valence-corrected chi connectivity index (χ1v) is 9.84. The Morgan fingerprint density at radius 3 is 2.52 bits per heavy atom. The van der Waals surface area contributed by atoms with Gasteiger partial charge in [-0.15, -0.1) is 11.3 Å². The Hall–Kier alpha value is -2.67. The summed E-state index contributed by atoms with van der Waals surface area (Å²) in [7, 11) is 1.58. The van der Waals surface area contributed by atoms with E-state index in [2.05, 4.69) is 10.6 Å². The summed E-state index contributed by atoms with van der Waals surface area (Å²) in [6, 6.07) is 8.95. The van der Waals surface area contributed by atoms with Crippen molar-refractivity contribution in [2.45, 2.75) is 19.8 Å². The highest BCUT2D eigenvalue weighted by Gasteiger charge is 2.28. The standard InChI is InChI=1S/C20H23N3O3S/c1-13-5-6-15(18(24)21-2)12-16(13)22-19(25)14-7-9-23(10-8-14)20(26)17-4-3-11-27-17/h3-6,11-12,14H,7-10H2,1-2H3,(H,21,24)(H,22,25). The first kappa shape index (κ1) is 19.1. The summed E-state index contributed by atoms with van der Waals surface area (Å²) in [6.07, 6.45) is 1.27. The van der Waals surface area contributed by atoms with Crippen LogP contribution in [0.1, 0.15) is 38.4 Å². The van der Waals surface area contributed by atoms with Crippen molar-refractivity contribution in [3.8, 4) is 0 Å². The fraction of sp³-hybridized carbons (Fsp3) is 0.350. The molecule has 0 aliphatic carbocycles. The lowest BCUT2D eigenvalue weighted by atomic mass is 9.95. The number of nitrogens with one attached hydrogen (secondary N) is 2. The molecule has 2 heterocycles. The third kappa shape index (κ3) is 4.36. The Bertz CT molecular complexity index is 840. The SMILES string of the molecule is CNC(=O)c1ccc(C)c(NC(=O)C2CCN(C(=O)c3cccs3)CC2)c1. The zero-order valence-electron chi connectivity index (χ0n) is 15.5. The number of amides is 3. The molecule has 0 spiro atoms. The Morgan fingerprint density at radius 1 is 1.15 bits per heavy atom. The van der Waals surface area contributed by atoms with Crippen molar-refractivity contribution in [1.29, 1.82) is 0 Å². The summed E-state index contributed by atoms with van der Waals surface area (Å²) in [5.74, 6) is -0.347. The molecule has 0 saturated carbocycles. The number of likely N-dealkylation sites (tertiary alicyclic amines) is 1. The number of anilines is 1. The Balaban J connectivity index is 1.60. The van der Waals surface area contributed by atoms with Gasteiger partial charge in [0.1, 0.15) is 0 Å². The van der Waals surface area contributed by atoms with Crippen LogP contribution in [-0.4, -0.2) is 42.8 Å². The lowest BCUT2D eigenvalue weighted by Crippen LogP contribution is -2.41. The van der Waals surface area contributed by atoms with E-state index in [1.807, 2.05) is 35.4 Å². The fourth-order valence-corrected chi connectivity index (χ4v) is 3.87. The molecule has 0 bridgehead atoms. The number of hydrogen-bond acceptors (Lipinski definition) is 4. The molecule has 3 amide bonds. The molecule has 1 saturated heterocycles. The van der Waals surface area contributed by atoms with Crippen molar-refractivity contribution < 1.29 is 14.4 Å². The summed E-state index contributed by atoms with van der Waals surface area (Å²) in [4.78, 5) is 39.4. The van der Waals surface area contributed by atoms with Crippen molar-refractivity contribution in [3.05, 3.63) is 51.7 Å². The van der Waals surface area contributed by atoms with Gasteiger partial charge in [-0.2, -0.15) is 0 Å². The highest BCUT2D eigenvalue weighted by atomic mass is 32.1. The van der Waals surface area contributed by atoms with Crippen LogP contribution < -0.4 is 10.6 Å². The lowest BCUT2D eigenvalue weighted by Gasteiger charge is -2.31. The second-order valence-corrected chi connectivity index (χ2v) is 7.59. The van der Waals surface area contributed by atoms with E-state index < -0.39 is 0 Å². The number of carbonyl (C=O) groups is 3. The molecule has 2 N–H and O–H groups in total. The second kappa shape index (κ2) is 8.35. The van der Waals surface area contributed by atoms with Gasteiger partial charge in [0.2, 0.25) is 5.91 Å². The van der Waals surface area contributed by atoms with E-state index in [1.54, 1.807) is 19.2 Å². The summed E-state index contributed by atoms with van der Waals surface area (Å²) in [5, 5.41) is 7.43. The van der Waals surface area contributed by atoms with Crippen LogP contribution in [0.3, 0.4) is 0 Å². The normalized spacial score (nSPS) is 14.7. The number of carbonyl (C=O) groups excluding carboxylic acids is 3. The van der Waals surface area contributed by atoms with Crippen LogP contribution in [-0.2, 0) is 4.79 Å². The van der Waals surface area contributed by atoms with Crippen LogP contribution in [0.5, 0.6) is 0 Å². The number of thiophene rings is 1. The van der Waals surface area contributed by atoms with Gasteiger partial charge in [-0.05, 0) is 48.9 Å². The molecule has 3 rings (SSSR count).